The summed E-state index contributed by atoms with van der Waals surface area (Å²) in [4.78, 5) is 0.267. The van der Waals surface area contributed by atoms with Crippen LogP contribution >= 0.6 is 0 Å². The Hall–Kier alpha value is -2.56. The minimum Gasteiger partial charge on any atom is -0.495 e. The van der Waals surface area contributed by atoms with Crippen LogP contribution in [-0.4, -0.2) is 32.9 Å². The van der Waals surface area contributed by atoms with E-state index < -0.39 is 10.0 Å². The summed E-state index contributed by atoms with van der Waals surface area (Å²) in [6.07, 6.45) is 3.94. The molecule has 1 heterocycles. The third-order valence-corrected chi connectivity index (χ3v) is 6.81. The summed E-state index contributed by atoms with van der Waals surface area (Å²) in [5, 5.41) is 12.3. The third-order valence-electron chi connectivity index (χ3n) is 4.91. The van der Waals surface area contributed by atoms with Gasteiger partial charge >= 0.3 is 0 Å². The van der Waals surface area contributed by atoms with Crippen LogP contribution < -0.4 is 10.1 Å². The molecule has 0 aromatic heterocycles. The molecule has 28 heavy (non-hydrogen) atoms. The molecule has 0 radical (unpaired) electrons. The standard InChI is InChI=1S/C21H25N3O3S/c1-27-21-10-9-19(28(25,26)24-11-4-2-3-5-12-24)14-20(21)23-16-18-8-6-7-17(13-18)15-22/h6-10,13-14,23H,2-5,11-12,16H2,1H3. The van der Waals surface area contributed by atoms with E-state index in [9.17, 15) is 8.42 Å². The van der Waals surface area contributed by atoms with Gasteiger partial charge in [-0.3, -0.25) is 0 Å². The minimum absolute atomic E-state index is 0.267. The first kappa shape index (κ1) is 20.2. The molecule has 3 rings (SSSR count). The van der Waals surface area contributed by atoms with E-state index in [1.54, 1.807) is 41.7 Å². The van der Waals surface area contributed by atoms with E-state index in [4.69, 9.17) is 10.00 Å². The van der Waals surface area contributed by atoms with E-state index in [2.05, 4.69) is 11.4 Å². The molecule has 1 aliphatic heterocycles. The van der Waals surface area contributed by atoms with Crippen LogP contribution in [0.5, 0.6) is 5.75 Å². The molecule has 7 heteroatoms. The highest BCUT2D eigenvalue weighted by molar-refractivity contribution is 7.89. The van der Waals surface area contributed by atoms with E-state index in [0.717, 1.165) is 31.2 Å². The van der Waals surface area contributed by atoms with Crippen molar-refractivity contribution in [3.63, 3.8) is 0 Å². The Morgan fingerprint density at radius 3 is 2.54 bits per heavy atom. The Morgan fingerprint density at radius 1 is 1.11 bits per heavy atom. The molecule has 1 fully saturated rings. The second-order valence-electron chi connectivity index (χ2n) is 6.85. The van der Waals surface area contributed by atoms with Crippen molar-refractivity contribution in [1.29, 1.82) is 5.26 Å². The van der Waals surface area contributed by atoms with E-state index in [1.807, 2.05) is 12.1 Å². The molecule has 0 spiro atoms. The number of hydrogen-bond donors (Lipinski definition) is 1. The van der Waals surface area contributed by atoms with Crippen molar-refractivity contribution < 1.29 is 13.2 Å². The van der Waals surface area contributed by atoms with Crippen molar-refractivity contribution in [2.24, 2.45) is 0 Å². The van der Waals surface area contributed by atoms with E-state index in [1.165, 1.54) is 0 Å². The number of methoxy groups -OCH3 is 1. The predicted octanol–water partition coefficient (Wildman–Crippen LogP) is 3.74. The van der Waals surface area contributed by atoms with Crippen LogP contribution in [0.15, 0.2) is 47.4 Å². The number of ether oxygens (including phenoxy) is 1. The summed E-state index contributed by atoms with van der Waals surface area (Å²) >= 11 is 0. The average Bonchev–Trinajstić information content (AvgIpc) is 3.02. The van der Waals surface area contributed by atoms with Crippen LogP contribution in [0.4, 0.5) is 5.69 Å². The van der Waals surface area contributed by atoms with Crippen molar-refractivity contribution in [3.05, 3.63) is 53.6 Å². The van der Waals surface area contributed by atoms with Gasteiger partial charge in [0.2, 0.25) is 10.0 Å². The first-order valence-electron chi connectivity index (χ1n) is 9.45. The number of sulfonamides is 1. The summed E-state index contributed by atoms with van der Waals surface area (Å²) in [5.74, 6) is 0.575. The van der Waals surface area contributed by atoms with Crippen LogP contribution in [0.1, 0.15) is 36.8 Å². The third kappa shape index (κ3) is 4.64. The van der Waals surface area contributed by atoms with Gasteiger partial charge in [0.15, 0.2) is 0 Å². The summed E-state index contributed by atoms with van der Waals surface area (Å²) in [6.45, 7) is 1.59. The maximum absolute atomic E-state index is 13.1. The van der Waals surface area contributed by atoms with Gasteiger partial charge in [0, 0.05) is 19.6 Å². The van der Waals surface area contributed by atoms with Crippen LogP contribution in [0.25, 0.3) is 0 Å². The molecule has 0 atom stereocenters. The van der Waals surface area contributed by atoms with Gasteiger partial charge in [-0.1, -0.05) is 25.0 Å². The molecule has 0 unspecified atom stereocenters. The summed E-state index contributed by atoms with van der Waals surface area (Å²) in [5.41, 5.74) is 2.13. The number of nitrogens with zero attached hydrogens (tertiary/aromatic N) is 2. The Balaban J connectivity index is 1.84. The molecule has 0 amide bonds. The van der Waals surface area contributed by atoms with Gasteiger partial charge in [0.1, 0.15) is 5.75 Å². The monoisotopic (exact) mass is 399 g/mol. The zero-order valence-corrected chi connectivity index (χ0v) is 16.8. The molecule has 2 aromatic carbocycles. The van der Waals surface area contributed by atoms with E-state index in [-0.39, 0.29) is 4.90 Å². The number of hydrogen-bond acceptors (Lipinski definition) is 5. The Kier molecular flexibility index (Phi) is 6.55. The number of rotatable bonds is 6. The fraction of sp³-hybridized carbons (Fsp3) is 0.381. The topological polar surface area (TPSA) is 82.4 Å². The fourth-order valence-electron chi connectivity index (χ4n) is 3.36. The summed E-state index contributed by atoms with van der Waals surface area (Å²) in [6, 6.07) is 14.3. The van der Waals surface area contributed by atoms with Gasteiger partial charge in [-0.15, -0.1) is 0 Å². The molecule has 0 saturated carbocycles. The maximum Gasteiger partial charge on any atom is 0.243 e. The lowest BCUT2D eigenvalue weighted by atomic mass is 10.1. The molecule has 2 aromatic rings. The average molecular weight is 400 g/mol. The lowest BCUT2D eigenvalue weighted by Crippen LogP contribution is -2.32. The van der Waals surface area contributed by atoms with Gasteiger partial charge < -0.3 is 10.1 Å². The van der Waals surface area contributed by atoms with E-state index >= 15 is 0 Å². The van der Waals surface area contributed by atoms with Gasteiger partial charge in [-0.2, -0.15) is 9.57 Å². The Labute approximate surface area is 166 Å². The fourth-order valence-corrected chi connectivity index (χ4v) is 4.91. The highest BCUT2D eigenvalue weighted by Gasteiger charge is 2.26. The molecule has 1 saturated heterocycles. The van der Waals surface area contributed by atoms with Crippen LogP contribution in [0, 0.1) is 11.3 Å². The zero-order chi connectivity index (χ0) is 20.0. The SMILES string of the molecule is COc1ccc(S(=O)(=O)N2CCCCCC2)cc1NCc1cccc(C#N)c1. The van der Waals surface area contributed by atoms with Crippen molar-refractivity contribution >= 4 is 15.7 Å². The van der Waals surface area contributed by atoms with Crippen molar-refractivity contribution in [2.45, 2.75) is 37.1 Å². The van der Waals surface area contributed by atoms with Crippen LogP contribution in [0.2, 0.25) is 0 Å². The molecule has 0 bridgehead atoms. The molecular weight excluding hydrogens is 374 g/mol. The van der Waals surface area contributed by atoms with Gasteiger partial charge in [-0.05, 0) is 48.7 Å². The number of anilines is 1. The molecule has 1 N–H and O–H groups in total. The second kappa shape index (κ2) is 9.09. The minimum atomic E-state index is -3.53. The molecular formula is C21H25N3O3S. The summed E-state index contributed by atoms with van der Waals surface area (Å²) in [7, 11) is -1.98. The zero-order valence-electron chi connectivity index (χ0n) is 16.0. The Morgan fingerprint density at radius 2 is 1.86 bits per heavy atom. The molecule has 148 valence electrons. The highest BCUT2D eigenvalue weighted by Crippen LogP contribution is 2.30. The Bertz CT molecular complexity index is 959. The maximum atomic E-state index is 13.1. The molecule has 0 aliphatic carbocycles. The smallest absolute Gasteiger partial charge is 0.243 e. The highest BCUT2D eigenvalue weighted by atomic mass is 32.2. The normalized spacial score (nSPS) is 15.4. The van der Waals surface area contributed by atoms with Gasteiger partial charge in [0.05, 0.1) is 29.3 Å². The van der Waals surface area contributed by atoms with Gasteiger partial charge in [-0.25, -0.2) is 8.42 Å². The first-order valence-corrected chi connectivity index (χ1v) is 10.9. The van der Waals surface area contributed by atoms with Crippen molar-refractivity contribution in [1.82, 2.24) is 4.31 Å². The molecule has 6 nitrogen and oxygen atoms in total. The number of nitrogens with one attached hydrogen (secondary N) is 1. The largest absolute Gasteiger partial charge is 0.495 e. The van der Waals surface area contributed by atoms with Crippen LogP contribution in [-0.2, 0) is 16.6 Å². The van der Waals surface area contributed by atoms with E-state index in [0.29, 0.717) is 36.6 Å². The summed E-state index contributed by atoms with van der Waals surface area (Å²) < 4.78 is 33.1. The quantitative estimate of drug-likeness (QED) is 0.800. The second-order valence-corrected chi connectivity index (χ2v) is 8.78. The number of nitriles is 1. The predicted molar refractivity (Wildman–Crippen MR) is 109 cm³/mol. The first-order chi connectivity index (χ1) is 13.5. The van der Waals surface area contributed by atoms with Crippen molar-refractivity contribution in [2.75, 3.05) is 25.5 Å². The van der Waals surface area contributed by atoms with Crippen LogP contribution in [0.3, 0.4) is 0 Å². The lowest BCUT2D eigenvalue weighted by Gasteiger charge is -2.21. The lowest BCUT2D eigenvalue weighted by molar-refractivity contribution is 0.414. The molecule has 1 aliphatic rings. The van der Waals surface area contributed by atoms with Gasteiger partial charge in [0.25, 0.3) is 0 Å². The van der Waals surface area contributed by atoms with Crippen molar-refractivity contribution in [3.8, 4) is 11.8 Å². The number of benzene rings is 2.